The van der Waals surface area contributed by atoms with Gasteiger partial charge < -0.3 is 24.4 Å². The van der Waals surface area contributed by atoms with Crippen molar-refractivity contribution < 1.29 is 27.4 Å². The van der Waals surface area contributed by atoms with E-state index in [0.29, 0.717) is 47.4 Å². The van der Waals surface area contributed by atoms with Crippen LogP contribution in [0.4, 0.5) is 15.6 Å². The highest BCUT2D eigenvalue weighted by molar-refractivity contribution is 7.93. The number of carbonyl (C=O) groups is 1. The largest absolute Gasteiger partial charge is 0.497 e. The number of nitrogens with one attached hydrogen (secondary N) is 1. The van der Waals surface area contributed by atoms with Crippen molar-refractivity contribution >= 4 is 49.9 Å². The lowest BCUT2D eigenvalue weighted by atomic mass is 10.2. The Labute approximate surface area is 243 Å². The summed E-state index contributed by atoms with van der Waals surface area (Å²) in [6, 6.07) is 9.72. The molecule has 4 rings (SSSR count). The van der Waals surface area contributed by atoms with Gasteiger partial charge in [-0.2, -0.15) is 0 Å². The number of likely N-dealkylation sites (tertiary alicyclic amines) is 1. The third kappa shape index (κ3) is 6.91. The van der Waals surface area contributed by atoms with E-state index in [-0.39, 0.29) is 28.6 Å². The summed E-state index contributed by atoms with van der Waals surface area (Å²) in [5.41, 5.74) is 0.648. The fraction of sp³-hybridized carbons (Fsp3) is 0.407. The number of thiazole rings is 1. The average Bonchev–Trinajstić information content (AvgIpc) is 3.60. The van der Waals surface area contributed by atoms with E-state index in [2.05, 4.69) is 10.3 Å². The van der Waals surface area contributed by atoms with E-state index >= 15 is 0 Å². The number of ether oxygens (including phenoxy) is 3. The fourth-order valence-electron chi connectivity index (χ4n) is 4.22. The van der Waals surface area contributed by atoms with Crippen molar-refractivity contribution in [1.29, 1.82) is 0 Å². The van der Waals surface area contributed by atoms with Crippen LogP contribution in [0.25, 0.3) is 0 Å². The topological polar surface area (TPSA) is 110 Å². The number of hydrogen-bond donors (Lipinski definition) is 1. The molecule has 1 amide bonds. The monoisotopic (exact) mass is 608 g/mol. The molecule has 216 valence electrons. The molecule has 40 heavy (non-hydrogen) atoms. The van der Waals surface area contributed by atoms with E-state index in [1.807, 2.05) is 20.8 Å². The van der Waals surface area contributed by atoms with Gasteiger partial charge in [-0.1, -0.05) is 11.6 Å². The summed E-state index contributed by atoms with van der Waals surface area (Å²) >= 11 is 7.78. The first-order valence-electron chi connectivity index (χ1n) is 12.6. The van der Waals surface area contributed by atoms with Gasteiger partial charge in [-0.15, -0.1) is 11.3 Å². The molecular weight excluding hydrogens is 576 g/mol. The number of aromatic nitrogens is 1. The Balaban J connectivity index is 1.54. The zero-order valence-corrected chi connectivity index (χ0v) is 25.4. The van der Waals surface area contributed by atoms with Crippen molar-refractivity contribution in [3.63, 3.8) is 0 Å². The van der Waals surface area contributed by atoms with E-state index < -0.39 is 15.6 Å². The molecule has 0 bridgehead atoms. The van der Waals surface area contributed by atoms with Crippen LogP contribution in [0.15, 0.2) is 52.9 Å². The highest BCUT2D eigenvalue weighted by atomic mass is 35.5. The second-order valence-corrected chi connectivity index (χ2v) is 13.3. The van der Waals surface area contributed by atoms with Crippen LogP contribution in [0.1, 0.15) is 32.8 Å². The smallest absolute Gasteiger partial charge is 0.410 e. The second-order valence-electron chi connectivity index (χ2n) is 10.2. The number of amides is 1. The Morgan fingerprint density at radius 2 is 1.98 bits per heavy atom. The number of rotatable bonds is 9. The van der Waals surface area contributed by atoms with Crippen LogP contribution in [0.3, 0.4) is 0 Å². The molecule has 1 aliphatic rings. The molecule has 2 aromatic carbocycles. The number of nitrogens with zero attached hydrogens (tertiary/aromatic N) is 3. The average molecular weight is 609 g/mol. The molecule has 10 nitrogen and oxygen atoms in total. The first-order chi connectivity index (χ1) is 18.9. The van der Waals surface area contributed by atoms with E-state index in [9.17, 15) is 13.2 Å². The van der Waals surface area contributed by atoms with Crippen LogP contribution in [-0.4, -0.2) is 63.3 Å². The van der Waals surface area contributed by atoms with E-state index in [1.54, 1.807) is 47.9 Å². The number of methoxy groups -OCH3 is 2. The predicted octanol–water partition coefficient (Wildman–Crippen LogP) is 5.63. The van der Waals surface area contributed by atoms with Crippen molar-refractivity contribution in [2.45, 2.75) is 50.3 Å². The van der Waals surface area contributed by atoms with Gasteiger partial charge in [0, 0.05) is 42.3 Å². The van der Waals surface area contributed by atoms with Crippen LogP contribution in [0.5, 0.6) is 11.5 Å². The summed E-state index contributed by atoms with van der Waals surface area (Å²) in [5, 5.41) is 5.60. The van der Waals surface area contributed by atoms with Gasteiger partial charge in [0.25, 0.3) is 10.0 Å². The summed E-state index contributed by atoms with van der Waals surface area (Å²) in [4.78, 5) is 18.3. The Bertz CT molecular complexity index is 1440. The molecule has 0 spiro atoms. The van der Waals surface area contributed by atoms with E-state index in [0.717, 1.165) is 0 Å². The minimum Gasteiger partial charge on any atom is -0.497 e. The van der Waals surface area contributed by atoms with Crippen molar-refractivity contribution in [2.75, 3.05) is 36.9 Å². The Hall–Kier alpha value is -3.22. The molecule has 0 saturated carbocycles. The highest BCUT2D eigenvalue weighted by Gasteiger charge is 2.31. The van der Waals surface area contributed by atoms with E-state index in [1.165, 1.54) is 34.9 Å². The first kappa shape index (κ1) is 29.8. The summed E-state index contributed by atoms with van der Waals surface area (Å²) in [7, 11) is -0.989. The maximum Gasteiger partial charge on any atom is 0.410 e. The Morgan fingerprint density at radius 1 is 1.20 bits per heavy atom. The van der Waals surface area contributed by atoms with Gasteiger partial charge in [-0.3, -0.25) is 0 Å². The third-order valence-corrected chi connectivity index (χ3v) is 9.12. The highest BCUT2D eigenvalue weighted by Crippen LogP contribution is 2.34. The molecule has 0 radical (unpaired) electrons. The molecule has 0 aliphatic carbocycles. The molecule has 1 N–H and O–H groups in total. The summed E-state index contributed by atoms with van der Waals surface area (Å²) in [6.07, 6.45) is 1.90. The van der Waals surface area contributed by atoms with E-state index in [4.69, 9.17) is 25.8 Å². The predicted molar refractivity (Wildman–Crippen MR) is 156 cm³/mol. The van der Waals surface area contributed by atoms with Gasteiger partial charge in [0.15, 0.2) is 5.13 Å². The van der Waals surface area contributed by atoms with Gasteiger partial charge in [-0.25, -0.2) is 22.5 Å². The van der Waals surface area contributed by atoms with Crippen LogP contribution in [0, 0.1) is 0 Å². The van der Waals surface area contributed by atoms with Gasteiger partial charge in [0.05, 0.1) is 36.4 Å². The maximum atomic E-state index is 13.9. The van der Waals surface area contributed by atoms with Gasteiger partial charge in [-0.05, 0) is 57.5 Å². The SMILES string of the molecule is COc1ccc(CN(c2nccs2)S(=O)(=O)c2ccc(N[C@@H]3CCN(C(=O)OC(C)(C)C)C3)c(Cl)c2)c(OC)c1. The normalized spacial score (nSPS) is 15.6. The molecular formula is C27H33ClN4O6S2. The molecule has 1 atom stereocenters. The molecule has 1 aliphatic heterocycles. The molecule has 1 fully saturated rings. The quantitative estimate of drug-likeness (QED) is 0.333. The Morgan fingerprint density at radius 3 is 2.60 bits per heavy atom. The number of hydrogen-bond acceptors (Lipinski definition) is 9. The van der Waals surface area contributed by atoms with Crippen molar-refractivity contribution in [1.82, 2.24) is 9.88 Å². The van der Waals surface area contributed by atoms with Gasteiger partial charge >= 0.3 is 6.09 Å². The lowest BCUT2D eigenvalue weighted by molar-refractivity contribution is 0.0293. The van der Waals surface area contributed by atoms with Crippen molar-refractivity contribution in [3.05, 3.63) is 58.6 Å². The zero-order valence-electron chi connectivity index (χ0n) is 23.0. The molecule has 2 heterocycles. The summed E-state index contributed by atoms with van der Waals surface area (Å²) in [5.74, 6) is 1.08. The lowest BCUT2D eigenvalue weighted by Crippen LogP contribution is -2.36. The standard InChI is InChI=1S/C27H33ClN4O6S2/c1-27(2,3)38-26(33)31-12-10-19(17-31)30-23-9-8-21(15-22(23)28)40(34,35)32(25-29-11-13-39-25)16-18-6-7-20(36-4)14-24(18)37-5/h6-9,11,13-15,19,30H,10,12,16-17H2,1-5H3/t19-/m1/s1. The fourth-order valence-corrected chi connectivity index (χ4v) is 6.82. The summed E-state index contributed by atoms with van der Waals surface area (Å²) < 4.78 is 45.2. The lowest BCUT2D eigenvalue weighted by Gasteiger charge is -2.25. The van der Waals surface area contributed by atoms with Gasteiger partial charge in [0.2, 0.25) is 0 Å². The van der Waals surface area contributed by atoms with Crippen LogP contribution in [0.2, 0.25) is 5.02 Å². The minimum absolute atomic E-state index is 0.0107. The summed E-state index contributed by atoms with van der Waals surface area (Å²) in [6.45, 7) is 6.48. The molecule has 3 aromatic rings. The van der Waals surface area contributed by atoms with Crippen LogP contribution < -0.4 is 19.1 Å². The number of anilines is 2. The number of benzene rings is 2. The molecule has 1 aromatic heterocycles. The third-order valence-electron chi connectivity index (χ3n) is 6.17. The van der Waals surface area contributed by atoms with Crippen molar-refractivity contribution in [3.8, 4) is 11.5 Å². The number of halogens is 1. The van der Waals surface area contributed by atoms with Gasteiger partial charge in [0.1, 0.15) is 17.1 Å². The van der Waals surface area contributed by atoms with Crippen LogP contribution in [-0.2, 0) is 21.3 Å². The van der Waals surface area contributed by atoms with Crippen LogP contribution >= 0.6 is 22.9 Å². The minimum atomic E-state index is -4.05. The maximum absolute atomic E-state index is 13.9. The van der Waals surface area contributed by atoms with Crippen molar-refractivity contribution in [2.24, 2.45) is 0 Å². The Kier molecular flexibility index (Phi) is 9.01. The molecule has 13 heteroatoms. The second kappa shape index (κ2) is 12.1. The number of carbonyl (C=O) groups excluding carboxylic acids is 1. The number of sulfonamides is 1. The molecule has 0 unspecified atom stereocenters. The molecule has 1 saturated heterocycles. The first-order valence-corrected chi connectivity index (χ1v) is 15.3. The zero-order chi connectivity index (χ0) is 29.1.